The van der Waals surface area contributed by atoms with E-state index in [1.807, 2.05) is 19.1 Å². The van der Waals surface area contributed by atoms with Gasteiger partial charge in [-0.2, -0.15) is 0 Å². The Morgan fingerprint density at radius 2 is 2.31 bits per heavy atom. The molecule has 1 aromatic carbocycles. The summed E-state index contributed by atoms with van der Waals surface area (Å²) in [6.45, 7) is 3.06. The van der Waals surface area contributed by atoms with Crippen LogP contribution in [-0.4, -0.2) is 11.7 Å². The highest BCUT2D eigenvalue weighted by molar-refractivity contribution is 5.38. The Kier molecular flexibility index (Phi) is 2.23. The molecule has 1 atom stereocenters. The maximum Gasteiger partial charge on any atom is 0.120 e. The Labute approximate surface area is 78.6 Å². The van der Waals surface area contributed by atoms with E-state index in [9.17, 15) is 5.11 Å². The van der Waals surface area contributed by atoms with E-state index in [-0.39, 0.29) is 0 Å². The molecule has 1 aromatic rings. The summed E-state index contributed by atoms with van der Waals surface area (Å²) in [5.74, 6) is 0.430. The van der Waals surface area contributed by atoms with Crippen molar-refractivity contribution < 1.29 is 5.11 Å². The first-order chi connectivity index (χ1) is 6.27. The van der Waals surface area contributed by atoms with Gasteiger partial charge in [-0.25, -0.2) is 0 Å². The van der Waals surface area contributed by atoms with Gasteiger partial charge in [-0.05, 0) is 37.9 Å². The first kappa shape index (κ1) is 8.57. The van der Waals surface area contributed by atoms with Crippen LogP contribution in [0.2, 0.25) is 0 Å². The minimum Gasteiger partial charge on any atom is -0.508 e. The Balaban J connectivity index is 2.29. The van der Waals surface area contributed by atoms with Gasteiger partial charge < -0.3 is 10.4 Å². The van der Waals surface area contributed by atoms with Crippen LogP contribution >= 0.6 is 0 Å². The summed E-state index contributed by atoms with van der Waals surface area (Å²) in [6, 6.07) is 6.26. The maximum absolute atomic E-state index is 9.71. The largest absolute Gasteiger partial charge is 0.508 e. The number of benzene rings is 1. The van der Waals surface area contributed by atoms with Gasteiger partial charge in [0.2, 0.25) is 0 Å². The summed E-state index contributed by atoms with van der Waals surface area (Å²) < 4.78 is 0. The quantitative estimate of drug-likeness (QED) is 0.688. The summed E-state index contributed by atoms with van der Waals surface area (Å²) in [4.78, 5) is 0. The van der Waals surface area contributed by atoms with Crippen LogP contribution in [0.4, 0.5) is 0 Å². The second-order valence-corrected chi connectivity index (χ2v) is 3.71. The van der Waals surface area contributed by atoms with Gasteiger partial charge in [0.15, 0.2) is 0 Å². The first-order valence-corrected chi connectivity index (χ1v) is 4.80. The van der Waals surface area contributed by atoms with Crippen LogP contribution in [-0.2, 0) is 0 Å². The Bertz CT molecular complexity index is 303. The third-order valence-corrected chi connectivity index (χ3v) is 2.62. The van der Waals surface area contributed by atoms with Crippen molar-refractivity contribution >= 4 is 0 Å². The predicted octanol–water partition coefficient (Wildman–Crippen LogP) is 2.13. The summed E-state index contributed by atoms with van der Waals surface area (Å²) in [5, 5.41) is 13.1. The van der Waals surface area contributed by atoms with E-state index < -0.39 is 0 Å². The van der Waals surface area contributed by atoms with E-state index in [4.69, 9.17) is 0 Å². The molecule has 0 bridgehead atoms. The zero-order valence-corrected chi connectivity index (χ0v) is 7.88. The molecule has 13 heavy (non-hydrogen) atoms. The van der Waals surface area contributed by atoms with E-state index in [0.717, 1.165) is 24.1 Å². The van der Waals surface area contributed by atoms with Gasteiger partial charge in [0, 0.05) is 11.6 Å². The lowest BCUT2D eigenvalue weighted by molar-refractivity contribution is 0.456. The third-order valence-electron chi connectivity index (χ3n) is 2.62. The molecule has 1 fully saturated rings. The zero-order valence-electron chi connectivity index (χ0n) is 7.88. The fourth-order valence-electron chi connectivity index (χ4n) is 1.90. The Morgan fingerprint density at radius 3 is 2.92 bits per heavy atom. The molecule has 0 saturated carbocycles. The highest BCUT2D eigenvalue weighted by atomic mass is 16.3. The second kappa shape index (κ2) is 3.38. The van der Waals surface area contributed by atoms with Gasteiger partial charge in [-0.3, -0.25) is 0 Å². The number of hydrogen-bond donors (Lipinski definition) is 2. The molecule has 2 rings (SSSR count). The van der Waals surface area contributed by atoms with Crippen LogP contribution in [0.5, 0.6) is 5.75 Å². The lowest BCUT2D eigenvalue weighted by atomic mass is 10.0. The van der Waals surface area contributed by atoms with Crippen molar-refractivity contribution in [1.29, 1.82) is 0 Å². The van der Waals surface area contributed by atoms with Crippen molar-refractivity contribution in [3.05, 3.63) is 29.3 Å². The predicted molar refractivity (Wildman–Crippen MR) is 52.8 cm³/mol. The SMILES string of the molecule is Cc1ccc([C@@H]2CCCN2)c(O)c1. The standard InChI is InChI=1S/C11H15NO/c1-8-4-5-9(11(13)7-8)10-3-2-6-12-10/h4-5,7,10,12-13H,2-3,6H2,1H3/t10-/m0/s1. The number of nitrogens with one attached hydrogen (secondary N) is 1. The van der Waals surface area contributed by atoms with Crippen molar-refractivity contribution in [3.8, 4) is 5.75 Å². The first-order valence-electron chi connectivity index (χ1n) is 4.80. The molecule has 1 aliphatic rings. The summed E-state index contributed by atoms with van der Waals surface area (Å²) in [7, 11) is 0. The van der Waals surface area contributed by atoms with E-state index >= 15 is 0 Å². The number of rotatable bonds is 1. The zero-order chi connectivity index (χ0) is 9.26. The molecule has 1 heterocycles. The van der Waals surface area contributed by atoms with Gasteiger partial charge in [0.05, 0.1) is 0 Å². The fraction of sp³-hybridized carbons (Fsp3) is 0.455. The van der Waals surface area contributed by atoms with E-state index in [2.05, 4.69) is 11.4 Å². The van der Waals surface area contributed by atoms with Gasteiger partial charge in [-0.1, -0.05) is 12.1 Å². The molecule has 0 aliphatic carbocycles. The maximum atomic E-state index is 9.71. The van der Waals surface area contributed by atoms with Crippen molar-refractivity contribution in [1.82, 2.24) is 5.32 Å². The molecule has 2 heteroatoms. The van der Waals surface area contributed by atoms with Crippen LogP contribution in [0, 0.1) is 6.92 Å². The molecule has 0 radical (unpaired) electrons. The number of aromatic hydroxyl groups is 1. The highest BCUT2D eigenvalue weighted by Gasteiger charge is 2.18. The summed E-state index contributed by atoms with van der Waals surface area (Å²) >= 11 is 0. The molecule has 0 spiro atoms. The average molecular weight is 177 g/mol. The van der Waals surface area contributed by atoms with E-state index in [1.54, 1.807) is 0 Å². The van der Waals surface area contributed by atoms with Crippen LogP contribution in [0.25, 0.3) is 0 Å². The number of phenolic OH excluding ortho intramolecular Hbond substituents is 1. The molecule has 0 aromatic heterocycles. The minimum absolute atomic E-state index is 0.362. The topological polar surface area (TPSA) is 32.3 Å². The smallest absolute Gasteiger partial charge is 0.120 e. The van der Waals surface area contributed by atoms with E-state index in [1.165, 1.54) is 6.42 Å². The van der Waals surface area contributed by atoms with Gasteiger partial charge >= 0.3 is 0 Å². The lowest BCUT2D eigenvalue weighted by Crippen LogP contribution is -2.12. The fourth-order valence-corrected chi connectivity index (χ4v) is 1.90. The molecule has 2 nitrogen and oxygen atoms in total. The third kappa shape index (κ3) is 1.68. The number of phenols is 1. The molecule has 0 amide bonds. The molecular formula is C11H15NO. The van der Waals surface area contributed by atoms with Crippen molar-refractivity contribution in [2.24, 2.45) is 0 Å². The Morgan fingerprint density at radius 1 is 1.46 bits per heavy atom. The molecule has 1 aliphatic heterocycles. The molecule has 70 valence electrons. The summed E-state index contributed by atoms with van der Waals surface area (Å²) in [6.07, 6.45) is 2.34. The molecule has 2 N–H and O–H groups in total. The Hall–Kier alpha value is -1.02. The van der Waals surface area contributed by atoms with Gasteiger partial charge in [-0.15, -0.1) is 0 Å². The van der Waals surface area contributed by atoms with Crippen LogP contribution in [0.3, 0.4) is 0 Å². The van der Waals surface area contributed by atoms with Gasteiger partial charge in [0.1, 0.15) is 5.75 Å². The van der Waals surface area contributed by atoms with Crippen molar-refractivity contribution in [3.63, 3.8) is 0 Å². The summed E-state index contributed by atoms with van der Waals surface area (Å²) in [5.41, 5.74) is 2.15. The second-order valence-electron chi connectivity index (χ2n) is 3.71. The minimum atomic E-state index is 0.362. The van der Waals surface area contributed by atoms with Crippen molar-refractivity contribution in [2.45, 2.75) is 25.8 Å². The van der Waals surface area contributed by atoms with Crippen LogP contribution in [0.1, 0.15) is 30.0 Å². The number of aryl methyl sites for hydroxylation is 1. The molecular weight excluding hydrogens is 162 g/mol. The lowest BCUT2D eigenvalue weighted by Gasteiger charge is -2.12. The van der Waals surface area contributed by atoms with Gasteiger partial charge in [0.25, 0.3) is 0 Å². The average Bonchev–Trinajstić information content (AvgIpc) is 2.56. The van der Waals surface area contributed by atoms with Crippen molar-refractivity contribution in [2.75, 3.05) is 6.54 Å². The molecule has 0 unspecified atom stereocenters. The highest BCUT2D eigenvalue weighted by Crippen LogP contribution is 2.30. The monoisotopic (exact) mass is 177 g/mol. The van der Waals surface area contributed by atoms with E-state index in [0.29, 0.717) is 11.8 Å². The molecule has 1 saturated heterocycles. The van der Waals surface area contributed by atoms with Crippen LogP contribution < -0.4 is 5.32 Å². The normalized spacial score (nSPS) is 22.1. The van der Waals surface area contributed by atoms with Crippen LogP contribution in [0.15, 0.2) is 18.2 Å². The number of hydrogen-bond acceptors (Lipinski definition) is 2.